The van der Waals surface area contributed by atoms with Gasteiger partial charge in [-0.2, -0.15) is 0 Å². The lowest BCUT2D eigenvalue weighted by Crippen LogP contribution is -2.15. The van der Waals surface area contributed by atoms with Gasteiger partial charge in [0.05, 0.1) is 159 Å². The Kier molecular flexibility index (Phi) is 45.0. The normalized spacial score (nSPS) is 11.6. The second-order valence-electron chi connectivity index (χ2n) is 10.5. The van der Waals surface area contributed by atoms with Crippen molar-refractivity contribution in [1.82, 2.24) is 0 Å². The lowest BCUT2D eigenvalue weighted by atomic mass is 10.1. The van der Waals surface area contributed by atoms with Gasteiger partial charge in [0.1, 0.15) is 0 Å². The topological polar surface area (TPSA) is 131 Å². The molecule has 0 aromatic carbocycles. The molecule has 0 aliphatic carbocycles. The molecule has 0 fully saturated rings. The number of rotatable bonds is 44. The van der Waals surface area contributed by atoms with E-state index in [1.807, 2.05) is 0 Å². The minimum absolute atomic E-state index is 0.0270. The molecule has 284 valence electrons. The fraction of sp³-hybridized carbons (Fsp3) is 1.00. The van der Waals surface area contributed by atoms with E-state index in [0.717, 1.165) is 13.0 Å². The van der Waals surface area contributed by atoms with Crippen molar-refractivity contribution in [3.05, 3.63) is 0 Å². The van der Waals surface area contributed by atoms with Crippen LogP contribution in [-0.2, 0) is 56.8 Å². The van der Waals surface area contributed by atoms with Crippen molar-refractivity contribution < 1.29 is 61.9 Å². The van der Waals surface area contributed by atoms with Crippen molar-refractivity contribution in [1.29, 1.82) is 0 Å². The zero-order valence-electron chi connectivity index (χ0n) is 29.7. The fourth-order valence-corrected chi connectivity index (χ4v) is 3.92. The molecule has 1 N–H and O–H groups in total. The third kappa shape index (κ3) is 45.5. The van der Waals surface area contributed by atoms with Crippen LogP contribution in [-0.4, -0.2) is 170 Å². The van der Waals surface area contributed by atoms with E-state index in [-0.39, 0.29) is 6.61 Å². The lowest BCUT2D eigenvalue weighted by Gasteiger charge is -2.09. The summed E-state index contributed by atoms with van der Waals surface area (Å²) in [6, 6.07) is 0. The number of unbranched alkanes of at least 4 members (excludes halogenated alkanes) is 7. The van der Waals surface area contributed by atoms with Gasteiger partial charge in [0.2, 0.25) is 0 Å². The number of hydrogen-bond donors (Lipinski definition) is 1. The Morgan fingerprint density at radius 3 is 0.660 bits per heavy atom. The van der Waals surface area contributed by atoms with Crippen LogP contribution in [0, 0.1) is 0 Å². The zero-order valence-corrected chi connectivity index (χ0v) is 29.7. The molecule has 0 atom stereocenters. The minimum Gasteiger partial charge on any atom is -0.394 e. The molecule has 0 saturated heterocycles. The highest BCUT2D eigenvalue weighted by Crippen LogP contribution is 2.08. The van der Waals surface area contributed by atoms with Crippen LogP contribution in [0.4, 0.5) is 0 Å². The third-order valence-electron chi connectivity index (χ3n) is 6.47. The Morgan fingerprint density at radius 1 is 0.234 bits per heavy atom. The second kappa shape index (κ2) is 45.5. The van der Waals surface area contributed by atoms with E-state index < -0.39 is 0 Å². The van der Waals surface area contributed by atoms with Gasteiger partial charge in [-0.05, 0) is 6.42 Å². The maximum Gasteiger partial charge on any atom is 0.0701 e. The van der Waals surface area contributed by atoms with Gasteiger partial charge in [0.25, 0.3) is 0 Å². The van der Waals surface area contributed by atoms with Gasteiger partial charge in [-0.15, -0.1) is 0 Å². The predicted octanol–water partition coefficient (Wildman–Crippen LogP) is 3.32. The molecule has 0 amide bonds. The molecule has 0 heterocycles. The average Bonchev–Trinajstić information content (AvgIpc) is 3.08. The Hall–Kier alpha value is -0.520. The van der Waals surface area contributed by atoms with Crippen molar-refractivity contribution in [2.75, 3.05) is 165 Å². The first kappa shape index (κ1) is 46.5. The maximum atomic E-state index is 8.58. The molecule has 0 unspecified atom stereocenters. The van der Waals surface area contributed by atoms with Gasteiger partial charge in [-0.3, -0.25) is 0 Å². The van der Waals surface area contributed by atoms with E-state index in [2.05, 4.69) is 6.92 Å². The maximum absolute atomic E-state index is 8.58. The van der Waals surface area contributed by atoms with E-state index in [0.29, 0.717) is 152 Å². The molecule has 0 rings (SSSR count). The molecular weight excluding hydrogens is 616 g/mol. The molecule has 0 bridgehead atoms. The van der Waals surface area contributed by atoms with Crippen LogP contribution in [0.3, 0.4) is 0 Å². The quantitative estimate of drug-likeness (QED) is 0.0942. The van der Waals surface area contributed by atoms with Gasteiger partial charge in [-0.1, -0.05) is 51.9 Å². The SMILES string of the molecule is CCCCCCCCCCOCCOCCOCCOCCOCCOCCOCCOCCOCCOCCOCCOCCO. The number of aliphatic hydroxyl groups excluding tert-OH is 1. The van der Waals surface area contributed by atoms with E-state index in [1.165, 1.54) is 44.9 Å². The van der Waals surface area contributed by atoms with Crippen LogP contribution in [0.25, 0.3) is 0 Å². The molecule has 0 aromatic rings. The average molecular weight is 687 g/mol. The number of ether oxygens (including phenoxy) is 12. The summed E-state index contributed by atoms with van der Waals surface area (Å²) in [4.78, 5) is 0. The van der Waals surface area contributed by atoms with E-state index in [4.69, 9.17) is 61.9 Å². The van der Waals surface area contributed by atoms with Crippen LogP contribution in [0.5, 0.6) is 0 Å². The summed E-state index contributed by atoms with van der Waals surface area (Å²) in [6.07, 6.45) is 10.5. The summed E-state index contributed by atoms with van der Waals surface area (Å²) in [5, 5.41) is 8.58. The molecule has 13 heteroatoms. The highest BCUT2D eigenvalue weighted by Gasteiger charge is 1.97. The van der Waals surface area contributed by atoms with Crippen molar-refractivity contribution in [2.24, 2.45) is 0 Å². The smallest absolute Gasteiger partial charge is 0.0701 e. The van der Waals surface area contributed by atoms with Gasteiger partial charge in [-0.25, -0.2) is 0 Å². The van der Waals surface area contributed by atoms with Crippen LogP contribution in [0.15, 0.2) is 0 Å². The summed E-state index contributed by atoms with van der Waals surface area (Å²) in [6.45, 7) is 15.0. The molecule has 13 nitrogen and oxygen atoms in total. The summed E-state index contributed by atoms with van der Waals surface area (Å²) in [7, 11) is 0. The lowest BCUT2D eigenvalue weighted by molar-refractivity contribution is -0.0286. The molecule has 0 aliphatic rings. The third-order valence-corrected chi connectivity index (χ3v) is 6.47. The first-order valence-corrected chi connectivity index (χ1v) is 18.0. The molecule has 47 heavy (non-hydrogen) atoms. The molecule has 0 aromatic heterocycles. The summed E-state index contributed by atoms with van der Waals surface area (Å²) < 4.78 is 65.4. The second-order valence-corrected chi connectivity index (χ2v) is 10.5. The largest absolute Gasteiger partial charge is 0.394 e. The van der Waals surface area contributed by atoms with E-state index in [9.17, 15) is 0 Å². The fourth-order valence-electron chi connectivity index (χ4n) is 3.92. The number of hydrogen-bond acceptors (Lipinski definition) is 13. The van der Waals surface area contributed by atoms with Crippen LogP contribution in [0.1, 0.15) is 58.3 Å². The van der Waals surface area contributed by atoms with Gasteiger partial charge in [0, 0.05) is 6.61 Å². The molecular formula is C34H70O13. The molecule has 0 spiro atoms. The van der Waals surface area contributed by atoms with E-state index >= 15 is 0 Å². The van der Waals surface area contributed by atoms with Crippen molar-refractivity contribution in [3.8, 4) is 0 Å². The predicted molar refractivity (Wildman–Crippen MR) is 180 cm³/mol. The monoisotopic (exact) mass is 686 g/mol. The molecule has 0 saturated carbocycles. The van der Waals surface area contributed by atoms with Crippen molar-refractivity contribution in [2.45, 2.75) is 58.3 Å². The van der Waals surface area contributed by atoms with E-state index in [1.54, 1.807) is 0 Å². The van der Waals surface area contributed by atoms with Crippen LogP contribution in [0.2, 0.25) is 0 Å². The van der Waals surface area contributed by atoms with Gasteiger partial charge < -0.3 is 61.9 Å². The van der Waals surface area contributed by atoms with Crippen molar-refractivity contribution >= 4 is 0 Å². The highest BCUT2D eigenvalue weighted by molar-refractivity contribution is 4.46. The first-order chi connectivity index (χ1) is 23.4. The van der Waals surface area contributed by atoms with Crippen LogP contribution < -0.4 is 0 Å². The molecule has 0 radical (unpaired) electrons. The Morgan fingerprint density at radius 2 is 0.426 bits per heavy atom. The molecule has 0 aliphatic heterocycles. The first-order valence-electron chi connectivity index (χ1n) is 18.0. The summed E-state index contributed by atoms with van der Waals surface area (Å²) >= 11 is 0. The zero-order chi connectivity index (χ0) is 33.8. The minimum atomic E-state index is 0.0270. The Balaban J connectivity index is 3.03. The Bertz CT molecular complexity index is 490. The van der Waals surface area contributed by atoms with Gasteiger partial charge >= 0.3 is 0 Å². The number of aliphatic hydroxyl groups is 1. The summed E-state index contributed by atoms with van der Waals surface area (Å²) in [5.74, 6) is 0. The van der Waals surface area contributed by atoms with Crippen molar-refractivity contribution in [3.63, 3.8) is 0 Å². The van der Waals surface area contributed by atoms with Crippen LogP contribution >= 0.6 is 0 Å². The van der Waals surface area contributed by atoms with Gasteiger partial charge in [0.15, 0.2) is 0 Å². The Labute approximate surface area is 285 Å². The standard InChI is InChI=1S/C34H70O13/c1-2-3-4-5-6-7-8-9-11-36-13-15-38-17-19-40-21-23-42-25-27-44-29-31-46-33-34-47-32-30-45-28-26-43-24-22-41-20-18-39-16-14-37-12-10-35/h35H,2-34H2,1H3. The highest BCUT2D eigenvalue weighted by atomic mass is 16.6. The summed E-state index contributed by atoms with van der Waals surface area (Å²) in [5.41, 5.74) is 0.